The lowest BCUT2D eigenvalue weighted by Gasteiger charge is -2.25. The molecule has 1 aromatic heterocycles. The zero-order valence-electron chi connectivity index (χ0n) is 13.5. The Bertz CT molecular complexity index is 544. The van der Waals surface area contributed by atoms with Gasteiger partial charge in [0.15, 0.2) is 0 Å². The van der Waals surface area contributed by atoms with E-state index >= 15 is 0 Å². The van der Waals surface area contributed by atoms with Gasteiger partial charge in [0.25, 0.3) is 0 Å². The Balaban J connectivity index is 3.07. The number of nitrogens with one attached hydrogen (secondary N) is 1. The van der Waals surface area contributed by atoms with Crippen molar-refractivity contribution in [2.45, 2.75) is 47.6 Å². The van der Waals surface area contributed by atoms with E-state index in [9.17, 15) is 9.59 Å². The van der Waals surface area contributed by atoms with Gasteiger partial charge < -0.3 is 15.8 Å². The van der Waals surface area contributed by atoms with E-state index in [1.807, 2.05) is 34.6 Å². The van der Waals surface area contributed by atoms with Crippen molar-refractivity contribution >= 4 is 28.2 Å². The van der Waals surface area contributed by atoms with Crippen molar-refractivity contribution in [3.05, 3.63) is 16.0 Å². The molecule has 118 valence electrons. The van der Waals surface area contributed by atoms with E-state index in [-0.39, 0.29) is 11.3 Å². The molecule has 0 aliphatic heterocycles. The van der Waals surface area contributed by atoms with Crippen LogP contribution in [0.15, 0.2) is 0 Å². The quantitative estimate of drug-likeness (QED) is 0.838. The van der Waals surface area contributed by atoms with Crippen molar-refractivity contribution in [2.24, 2.45) is 11.1 Å². The molecule has 0 radical (unpaired) electrons. The standard InChI is InChI=1S/C15H24N2O3S/c1-7-20-14(19)10-8(2)9(3)21-13(10)17-12(18)11(16)15(4,5)6/h11H,7,16H2,1-6H3,(H,17,18). The van der Waals surface area contributed by atoms with E-state index in [1.165, 1.54) is 11.3 Å². The van der Waals surface area contributed by atoms with Crippen LogP contribution in [0, 0.1) is 19.3 Å². The number of thiophene rings is 1. The Morgan fingerprint density at radius 1 is 1.33 bits per heavy atom. The van der Waals surface area contributed by atoms with Gasteiger partial charge in [-0.3, -0.25) is 4.79 Å². The lowest BCUT2D eigenvalue weighted by molar-refractivity contribution is -0.119. The van der Waals surface area contributed by atoms with Crippen molar-refractivity contribution in [1.82, 2.24) is 0 Å². The summed E-state index contributed by atoms with van der Waals surface area (Å²) in [6.07, 6.45) is 0. The number of nitrogens with two attached hydrogens (primary N) is 1. The number of aryl methyl sites for hydroxylation is 1. The van der Waals surface area contributed by atoms with Crippen molar-refractivity contribution in [2.75, 3.05) is 11.9 Å². The molecule has 0 saturated carbocycles. The molecule has 1 rings (SSSR count). The van der Waals surface area contributed by atoms with Crippen molar-refractivity contribution in [1.29, 1.82) is 0 Å². The van der Waals surface area contributed by atoms with Gasteiger partial charge in [-0.05, 0) is 31.7 Å². The van der Waals surface area contributed by atoms with Gasteiger partial charge in [-0.25, -0.2) is 4.79 Å². The maximum absolute atomic E-state index is 12.2. The van der Waals surface area contributed by atoms with E-state index in [0.29, 0.717) is 17.2 Å². The molecule has 0 saturated heterocycles. The first-order valence-corrected chi connectivity index (χ1v) is 7.74. The van der Waals surface area contributed by atoms with Crippen LogP contribution in [-0.2, 0) is 9.53 Å². The Morgan fingerprint density at radius 2 is 1.90 bits per heavy atom. The highest BCUT2D eigenvalue weighted by molar-refractivity contribution is 7.16. The maximum Gasteiger partial charge on any atom is 0.341 e. The summed E-state index contributed by atoms with van der Waals surface area (Å²) in [7, 11) is 0. The van der Waals surface area contributed by atoms with E-state index in [1.54, 1.807) is 6.92 Å². The van der Waals surface area contributed by atoms with E-state index < -0.39 is 12.0 Å². The van der Waals surface area contributed by atoms with Crippen molar-refractivity contribution < 1.29 is 14.3 Å². The number of esters is 1. The molecule has 5 nitrogen and oxygen atoms in total. The number of rotatable bonds is 4. The molecule has 1 heterocycles. The van der Waals surface area contributed by atoms with Crippen LogP contribution in [-0.4, -0.2) is 24.5 Å². The van der Waals surface area contributed by atoms with Crippen LogP contribution in [0.3, 0.4) is 0 Å². The average Bonchev–Trinajstić information content (AvgIpc) is 2.63. The third-order valence-corrected chi connectivity index (χ3v) is 4.44. The van der Waals surface area contributed by atoms with Crippen LogP contribution < -0.4 is 11.1 Å². The van der Waals surface area contributed by atoms with Gasteiger partial charge in [0.05, 0.1) is 18.2 Å². The van der Waals surface area contributed by atoms with Crippen LogP contribution in [0.5, 0.6) is 0 Å². The molecule has 0 bridgehead atoms. The van der Waals surface area contributed by atoms with Crippen LogP contribution in [0.1, 0.15) is 48.5 Å². The number of carbonyl (C=O) groups excluding carboxylic acids is 2. The first kappa shape index (κ1) is 17.7. The summed E-state index contributed by atoms with van der Waals surface area (Å²) in [6.45, 7) is 11.5. The van der Waals surface area contributed by atoms with Gasteiger partial charge in [-0.15, -0.1) is 11.3 Å². The molecule has 0 fully saturated rings. The zero-order chi connectivity index (χ0) is 16.4. The summed E-state index contributed by atoms with van der Waals surface area (Å²) in [5, 5.41) is 3.28. The predicted octanol–water partition coefficient (Wildman–Crippen LogP) is 2.85. The largest absolute Gasteiger partial charge is 0.462 e. The molecular weight excluding hydrogens is 288 g/mol. The summed E-state index contributed by atoms with van der Waals surface area (Å²) in [4.78, 5) is 25.3. The maximum atomic E-state index is 12.2. The fourth-order valence-electron chi connectivity index (χ4n) is 1.75. The fourth-order valence-corrected chi connectivity index (χ4v) is 2.80. The molecule has 1 unspecified atom stereocenters. The molecular formula is C15H24N2O3S. The SMILES string of the molecule is CCOC(=O)c1c(NC(=O)C(N)C(C)(C)C)sc(C)c1C. The lowest BCUT2D eigenvalue weighted by Crippen LogP contribution is -2.45. The minimum atomic E-state index is -0.657. The number of hydrogen-bond acceptors (Lipinski definition) is 5. The molecule has 0 spiro atoms. The number of carbonyl (C=O) groups is 2. The Kier molecular flexibility index (Phi) is 5.53. The first-order valence-electron chi connectivity index (χ1n) is 6.93. The Morgan fingerprint density at radius 3 is 2.38 bits per heavy atom. The van der Waals surface area contributed by atoms with Gasteiger partial charge in [-0.1, -0.05) is 20.8 Å². The molecule has 1 aromatic rings. The monoisotopic (exact) mass is 312 g/mol. The Labute approximate surface area is 129 Å². The van der Waals surface area contributed by atoms with Crippen LogP contribution in [0.2, 0.25) is 0 Å². The second-order valence-electron chi connectivity index (χ2n) is 6.04. The minimum Gasteiger partial charge on any atom is -0.462 e. The van der Waals surface area contributed by atoms with Crippen LogP contribution >= 0.6 is 11.3 Å². The van der Waals surface area contributed by atoms with Crippen LogP contribution in [0.25, 0.3) is 0 Å². The Hall–Kier alpha value is -1.40. The van der Waals surface area contributed by atoms with Crippen molar-refractivity contribution in [3.63, 3.8) is 0 Å². The summed E-state index contributed by atoms with van der Waals surface area (Å²) >= 11 is 1.36. The summed E-state index contributed by atoms with van der Waals surface area (Å²) in [6, 6.07) is -0.657. The first-order chi connectivity index (χ1) is 9.59. The highest BCUT2D eigenvalue weighted by atomic mass is 32.1. The predicted molar refractivity (Wildman–Crippen MR) is 85.8 cm³/mol. The zero-order valence-corrected chi connectivity index (χ0v) is 14.3. The minimum absolute atomic E-state index is 0.294. The topological polar surface area (TPSA) is 81.4 Å². The molecule has 6 heteroatoms. The highest BCUT2D eigenvalue weighted by Gasteiger charge is 2.29. The second kappa shape index (κ2) is 6.58. The number of ether oxygens (including phenoxy) is 1. The smallest absolute Gasteiger partial charge is 0.341 e. The second-order valence-corrected chi connectivity index (χ2v) is 7.27. The van der Waals surface area contributed by atoms with E-state index in [2.05, 4.69) is 5.32 Å². The summed E-state index contributed by atoms with van der Waals surface area (Å²) < 4.78 is 5.06. The molecule has 1 atom stereocenters. The number of amides is 1. The lowest BCUT2D eigenvalue weighted by atomic mass is 9.87. The molecule has 3 N–H and O–H groups in total. The molecule has 1 amide bonds. The van der Waals surface area contributed by atoms with Gasteiger partial charge in [0, 0.05) is 4.88 Å². The third kappa shape index (κ3) is 4.04. The molecule has 0 aliphatic carbocycles. The molecule has 0 aliphatic rings. The summed E-state index contributed by atoms with van der Waals surface area (Å²) in [5.74, 6) is -0.715. The van der Waals surface area contributed by atoms with E-state index in [4.69, 9.17) is 10.5 Å². The summed E-state index contributed by atoms with van der Waals surface area (Å²) in [5.41, 5.74) is 6.85. The normalized spacial score (nSPS) is 12.9. The average molecular weight is 312 g/mol. The molecule has 21 heavy (non-hydrogen) atoms. The molecule has 0 aromatic carbocycles. The highest BCUT2D eigenvalue weighted by Crippen LogP contribution is 2.33. The fraction of sp³-hybridized carbons (Fsp3) is 0.600. The van der Waals surface area contributed by atoms with Gasteiger partial charge in [0.1, 0.15) is 5.00 Å². The van der Waals surface area contributed by atoms with Gasteiger partial charge in [0.2, 0.25) is 5.91 Å². The van der Waals surface area contributed by atoms with Gasteiger partial charge in [-0.2, -0.15) is 0 Å². The van der Waals surface area contributed by atoms with E-state index in [0.717, 1.165) is 10.4 Å². The third-order valence-electron chi connectivity index (χ3n) is 3.32. The number of anilines is 1. The van der Waals surface area contributed by atoms with Crippen LogP contribution in [0.4, 0.5) is 5.00 Å². The van der Waals surface area contributed by atoms with Gasteiger partial charge >= 0.3 is 5.97 Å². The number of hydrogen-bond donors (Lipinski definition) is 2. The van der Waals surface area contributed by atoms with Crippen molar-refractivity contribution in [3.8, 4) is 0 Å².